The highest BCUT2D eigenvalue weighted by Crippen LogP contribution is 2.40. The van der Waals surface area contributed by atoms with E-state index in [2.05, 4.69) is 13.0 Å². The number of fused-ring (bicyclic) bond motifs is 3. The number of esters is 1. The van der Waals surface area contributed by atoms with Crippen LogP contribution >= 0.6 is 0 Å². The summed E-state index contributed by atoms with van der Waals surface area (Å²) in [5.41, 5.74) is 1.45. The van der Waals surface area contributed by atoms with E-state index in [1.165, 1.54) is 12.0 Å². The number of cyclic esters (lactones) is 1. The van der Waals surface area contributed by atoms with E-state index >= 15 is 0 Å². The van der Waals surface area contributed by atoms with Crippen molar-refractivity contribution in [1.29, 1.82) is 0 Å². The monoisotopic (exact) mass is 1110 g/mol. The number of carbonyl (C=O) groups excluding carboxylic acids is 4. The van der Waals surface area contributed by atoms with E-state index in [9.17, 15) is 34.5 Å². The lowest BCUT2D eigenvalue weighted by molar-refractivity contribution is -0.286. The van der Waals surface area contributed by atoms with Gasteiger partial charge >= 0.3 is 5.97 Å². The maximum Gasteiger partial charge on any atom is 0.323 e. The van der Waals surface area contributed by atoms with Gasteiger partial charge in [0, 0.05) is 57.8 Å². The van der Waals surface area contributed by atoms with Gasteiger partial charge in [-0.3, -0.25) is 24.1 Å². The average molecular weight is 1110 g/mol. The van der Waals surface area contributed by atoms with Crippen LogP contribution in [0.4, 0.5) is 0 Å². The zero-order valence-corrected chi connectivity index (χ0v) is 48.8. The number of Topliss-reactive ketones (excluding diaryl/α,β-unsaturated/α-hetero) is 3. The van der Waals surface area contributed by atoms with Crippen LogP contribution in [0, 0.1) is 35.5 Å². The summed E-state index contributed by atoms with van der Waals surface area (Å²) in [5.74, 6) is -4.71. The molecule has 2 bridgehead atoms. The van der Waals surface area contributed by atoms with Gasteiger partial charge in [0.05, 0.1) is 96.6 Å². The number of piperidine rings is 1. The molecular weight excluding hydrogens is 1010 g/mol. The molecule has 1 saturated carbocycles. The number of ether oxygens (including phenoxy) is 9. The van der Waals surface area contributed by atoms with Crippen LogP contribution in [0.3, 0.4) is 0 Å². The van der Waals surface area contributed by atoms with E-state index in [0.717, 1.165) is 31.3 Å². The molecule has 4 N–H and O–H groups in total. The molecule has 6 unspecified atom stereocenters. The van der Waals surface area contributed by atoms with Gasteiger partial charge in [0.15, 0.2) is 6.23 Å². The molecule has 0 aromatic heterocycles. The first-order valence-electron chi connectivity index (χ1n) is 29.3. The summed E-state index contributed by atoms with van der Waals surface area (Å²) in [7, 11) is 3.06. The molecule has 3 fully saturated rings. The summed E-state index contributed by atoms with van der Waals surface area (Å²) in [6.45, 7) is 16.0. The first kappa shape index (κ1) is 67.7. The Morgan fingerprint density at radius 2 is 1.44 bits per heavy atom. The Morgan fingerprint density at radius 3 is 2.12 bits per heavy atom. The summed E-state index contributed by atoms with van der Waals surface area (Å²) in [6, 6.07) is -1.00. The number of nitrogens with zero attached hydrogens (tertiary/aromatic N) is 1. The molecule has 0 aromatic carbocycles. The first-order chi connectivity index (χ1) is 37.4. The summed E-state index contributed by atoms with van der Waals surface area (Å²) in [5, 5.41) is 41.8. The van der Waals surface area contributed by atoms with Gasteiger partial charge in [-0.1, -0.05) is 65.3 Å². The lowest BCUT2D eigenvalue weighted by Crippen LogP contribution is -2.63. The maximum atomic E-state index is 14.9. The second-order valence-electron chi connectivity index (χ2n) is 22.7. The smallest absolute Gasteiger partial charge is 0.323 e. The minimum absolute atomic E-state index is 0.0416. The SMILES string of the molecule is CO[C@@H]1C[C@H](C[C@@H](C)[C@@H]2CC(=O)[C@H](C)/C=C(\C)C(O)CC(=O)[C@H](C)C[C@H](C)CCC=CC=C(C)C(OCCOCCOCCOCCO)C[C@@H]3CCC(C)C(OC)(O3)C(=O)C(O)N3CCCCC3C(=O)O2)CC[C@H]1OCCO. The number of methoxy groups -OCH3 is 2. The van der Waals surface area contributed by atoms with Crippen LogP contribution in [-0.4, -0.2) is 190 Å². The average Bonchev–Trinajstić information content (AvgIpc) is 3.50. The van der Waals surface area contributed by atoms with Crippen molar-refractivity contribution in [2.45, 2.75) is 199 Å². The predicted octanol–water partition coefficient (Wildman–Crippen LogP) is 6.65. The quantitative estimate of drug-likeness (QED) is 0.0567. The Kier molecular flexibility index (Phi) is 31.2. The van der Waals surface area contributed by atoms with E-state index < -0.39 is 66.1 Å². The minimum Gasteiger partial charge on any atom is -0.460 e. The first-order valence-corrected chi connectivity index (χ1v) is 29.3. The number of carbonyl (C=O) groups is 4. The molecule has 4 rings (SSSR count). The van der Waals surface area contributed by atoms with Gasteiger partial charge in [-0.2, -0.15) is 0 Å². The molecule has 3 aliphatic heterocycles. The normalized spacial score (nSPS) is 34.6. The highest BCUT2D eigenvalue weighted by atomic mass is 16.7. The molecule has 1 aliphatic carbocycles. The third-order valence-corrected chi connectivity index (χ3v) is 16.6. The van der Waals surface area contributed by atoms with Crippen LogP contribution in [0.5, 0.6) is 0 Å². The molecule has 18 heteroatoms. The number of ketones is 3. The summed E-state index contributed by atoms with van der Waals surface area (Å²) >= 11 is 0. The maximum absolute atomic E-state index is 14.9. The van der Waals surface area contributed by atoms with Gasteiger partial charge in [-0.15, -0.1) is 0 Å². The number of aliphatic hydroxyl groups is 4. The van der Waals surface area contributed by atoms with Crippen molar-refractivity contribution in [2.24, 2.45) is 35.5 Å². The number of aliphatic hydroxyl groups excluding tert-OH is 4. The molecule has 0 amide bonds. The molecule has 0 radical (unpaired) electrons. The number of allylic oxidation sites excluding steroid dienone is 4. The number of hydrogen-bond acceptors (Lipinski definition) is 18. The van der Waals surface area contributed by atoms with E-state index in [1.54, 1.807) is 27.0 Å². The fourth-order valence-electron chi connectivity index (χ4n) is 11.7. The summed E-state index contributed by atoms with van der Waals surface area (Å²) in [4.78, 5) is 58.9. The third kappa shape index (κ3) is 21.5. The van der Waals surface area contributed by atoms with Gasteiger partial charge < -0.3 is 63.1 Å². The number of rotatable bonds is 20. The van der Waals surface area contributed by atoms with Gasteiger partial charge in [-0.05, 0) is 113 Å². The van der Waals surface area contributed by atoms with Gasteiger partial charge in [0.1, 0.15) is 23.7 Å². The molecule has 15 atom stereocenters. The second kappa shape index (κ2) is 35.9. The van der Waals surface area contributed by atoms with Gasteiger partial charge in [-0.25, -0.2) is 0 Å². The van der Waals surface area contributed by atoms with Crippen molar-refractivity contribution in [3.05, 3.63) is 35.5 Å². The zero-order valence-electron chi connectivity index (χ0n) is 48.8. The van der Waals surface area contributed by atoms with Crippen LogP contribution in [0.15, 0.2) is 35.5 Å². The molecule has 2 saturated heterocycles. The lowest BCUT2D eigenvalue weighted by atomic mass is 9.78. The van der Waals surface area contributed by atoms with Crippen LogP contribution in [0.1, 0.15) is 145 Å². The van der Waals surface area contributed by atoms with Crippen LogP contribution < -0.4 is 0 Å². The third-order valence-electron chi connectivity index (χ3n) is 16.6. The molecule has 4 aliphatic rings. The van der Waals surface area contributed by atoms with Gasteiger partial charge in [0.2, 0.25) is 11.6 Å². The van der Waals surface area contributed by atoms with Crippen LogP contribution in [-0.2, 0) is 61.8 Å². The van der Waals surface area contributed by atoms with E-state index in [1.807, 2.05) is 39.8 Å². The molecule has 0 spiro atoms. The Hall–Kier alpha value is -2.82. The topological polar surface area (TPSA) is 236 Å². The molecule has 448 valence electrons. The molecule has 18 nitrogen and oxygen atoms in total. The van der Waals surface area contributed by atoms with Crippen LogP contribution in [0.2, 0.25) is 0 Å². The van der Waals surface area contributed by atoms with Crippen molar-refractivity contribution < 1.29 is 82.2 Å². The second-order valence-corrected chi connectivity index (χ2v) is 22.7. The van der Waals surface area contributed by atoms with Crippen molar-refractivity contribution in [3.63, 3.8) is 0 Å². The zero-order chi connectivity index (χ0) is 57.2. The molecular formula is C60H101NO17. The van der Waals surface area contributed by atoms with E-state index in [-0.39, 0.29) is 99.9 Å². The Labute approximate surface area is 466 Å². The highest BCUT2D eigenvalue weighted by Gasteiger charge is 2.54. The van der Waals surface area contributed by atoms with E-state index in [4.69, 9.17) is 47.7 Å². The number of hydrogen-bond donors (Lipinski definition) is 4. The van der Waals surface area contributed by atoms with Crippen molar-refractivity contribution in [1.82, 2.24) is 4.90 Å². The van der Waals surface area contributed by atoms with Crippen molar-refractivity contribution in [3.8, 4) is 0 Å². The van der Waals surface area contributed by atoms with Crippen molar-refractivity contribution in [2.75, 3.05) is 86.8 Å². The lowest BCUT2D eigenvalue weighted by Gasteiger charge is -2.46. The Bertz CT molecular complexity index is 1880. The van der Waals surface area contributed by atoms with Crippen molar-refractivity contribution >= 4 is 23.3 Å². The molecule has 0 aromatic rings. The van der Waals surface area contributed by atoms with Gasteiger partial charge in [0.25, 0.3) is 0 Å². The predicted molar refractivity (Wildman–Crippen MR) is 294 cm³/mol. The molecule has 3 heterocycles. The summed E-state index contributed by atoms with van der Waals surface area (Å²) < 4.78 is 54.1. The molecule has 78 heavy (non-hydrogen) atoms. The minimum atomic E-state index is -1.84. The highest BCUT2D eigenvalue weighted by molar-refractivity contribution is 5.91. The standard InChI is InChI=1S/C60H101NO17/c1-40-15-11-10-12-16-41(2)54(76-32-31-74-30-29-73-28-27-72-25-23-62)37-48-20-18-46(7)60(71-9,78-48)57(67)58(68)61-22-14-13-17-49(61)59(69)77-55(45(6)35-47-19-21-53(75-26-24-63)56(36-47)70-8)39-52(66)44(5)34-43(4)51(65)38-50(64)42(3)33-40/h10,12,16,34,40,42,44-49,51,53-56,58,62-63,65,68H,11,13-15,17-33,35-39H2,1-9H3/b12-10?,41-16?,43-34+/t40-,42-,44-,45-,46?,47+,48+,49?,51?,53-,54?,55+,56-,58?,60?/m1/s1. The summed E-state index contributed by atoms with van der Waals surface area (Å²) in [6.07, 6.45) is 10.9. The van der Waals surface area contributed by atoms with E-state index in [0.29, 0.717) is 96.4 Å². The fraction of sp³-hybridized carbons (Fsp3) is 0.833. The fourth-order valence-corrected chi connectivity index (χ4v) is 11.7. The van der Waals surface area contributed by atoms with Crippen LogP contribution in [0.25, 0.3) is 0 Å². The Morgan fingerprint density at radius 1 is 0.744 bits per heavy atom. The Balaban J connectivity index is 1.63. The largest absolute Gasteiger partial charge is 0.460 e.